The fourth-order valence-corrected chi connectivity index (χ4v) is 4.58. The van der Waals surface area contributed by atoms with Gasteiger partial charge in [-0.3, -0.25) is 14.3 Å². The monoisotopic (exact) mass is 364 g/mol. The number of methoxy groups -OCH3 is 1. The molecule has 1 aliphatic rings. The van der Waals surface area contributed by atoms with Crippen molar-refractivity contribution in [2.24, 2.45) is 0 Å². The van der Waals surface area contributed by atoms with Crippen LogP contribution in [0, 0.1) is 12.7 Å². The van der Waals surface area contributed by atoms with Crippen LogP contribution in [0.15, 0.2) is 22.0 Å². The van der Waals surface area contributed by atoms with Crippen molar-refractivity contribution in [3.8, 4) is 0 Å². The number of ketones is 1. The zero-order valence-corrected chi connectivity index (χ0v) is 15.5. The van der Waals surface area contributed by atoms with E-state index in [1.54, 1.807) is 21.0 Å². The van der Waals surface area contributed by atoms with E-state index in [9.17, 15) is 14.0 Å². The van der Waals surface area contributed by atoms with Crippen LogP contribution in [0.5, 0.6) is 0 Å². The summed E-state index contributed by atoms with van der Waals surface area (Å²) in [7, 11) is 1.59. The third kappa shape index (κ3) is 2.95. The first-order valence-corrected chi connectivity index (χ1v) is 9.12. The van der Waals surface area contributed by atoms with Crippen LogP contribution in [-0.4, -0.2) is 27.9 Å². The minimum Gasteiger partial charge on any atom is -0.377 e. The van der Waals surface area contributed by atoms with Crippen LogP contribution in [0.25, 0.3) is 0 Å². The molecule has 0 bridgehead atoms. The lowest BCUT2D eigenvalue weighted by molar-refractivity contribution is 0.0907. The van der Waals surface area contributed by atoms with Crippen molar-refractivity contribution < 1.29 is 13.9 Å². The number of fused-ring (bicyclic) bond motifs is 1. The number of rotatable bonds is 4. The van der Waals surface area contributed by atoms with Crippen molar-refractivity contribution in [2.75, 3.05) is 7.11 Å². The van der Waals surface area contributed by atoms with Crippen LogP contribution in [-0.2, 0) is 11.3 Å². The zero-order valence-electron chi connectivity index (χ0n) is 14.7. The molecule has 25 heavy (non-hydrogen) atoms. The number of H-pyrrole nitrogens is 1. The highest BCUT2D eigenvalue weighted by molar-refractivity contribution is 8.00. The molecule has 1 aromatic carbocycles. The summed E-state index contributed by atoms with van der Waals surface area (Å²) in [6, 6.07) is 1.25. The summed E-state index contributed by atoms with van der Waals surface area (Å²) in [5.41, 5.74) is 1.25. The van der Waals surface area contributed by atoms with Crippen molar-refractivity contribution in [3.05, 3.63) is 50.7 Å². The van der Waals surface area contributed by atoms with Gasteiger partial charge in [-0.15, -0.1) is 11.8 Å². The highest BCUT2D eigenvalue weighted by Crippen LogP contribution is 2.45. The van der Waals surface area contributed by atoms with E-state index in [-0.39, 0.29) is 22.5 Å². The van der Waals surface area contributed by atoms with Crippen LogP contribution < -0.4 is 5.56 Å². The molecule has 2 unspecified atom stereocenters. The topological polar surface area (TPSA) is 64.1 Å². The minimum absolute atomic E-state index is 0.0232. The zero-order chi connectivity index (χ0) is 18.3. The molecule has 2 heterocycles. The number of nitrogens with zero attached hydrogens (tertiary/aromatic N) is 1. The lowest BCUT2D eigenvalue weighted by atomic mass is 9.91. The molecule has 0 amide bonds. The summed E-state index contributed by atoms with van der Waals surface area (Å²) >= 11 is 1.46. The van der Waals surface area contributed by atoms with Crippen molar-refractivity contribution >= 4 is 17.5 Å². The third-order valence-electron chi connectivity index (χ3n) is 4.66. The van der Waals surface area contributed by atoms with Gasteiger partial charge in [0.25, 0.3) is 5.56 Å². The number of carbonyl (C=O) groups is 1. The fourth-order valence-electron chi connectivity index (χ4n) is 3.32. The summed E-state index contributed by atoms with van der Waals surface area (Å²) in [6.45, 7) is 6.06. The van der Waals surface area contributed by atoms with Gasteiger partial charge in [-0.1, -0.05) is 6.92 Å². The molecule has 0 fully saturated rings. The fraction of sp³-hybridized carbons (Fsp3) is 0.444. The van der Waals surface area contributed by atoms with E-state index in [0.717, 1.165) is 12.0 Å². The van der Waals surface area contributed by atoms with E-state index in [1.807, 2.05) is 6.92 Å². The van der Waals surface area contributed by atoms with Crippen molar-refractivity contribution in [2.45, 2.75) is 50.0 Å². The number of aromatic nitrogens is 2. The van der Waals surface area contributed by atoms with Crippen molar-refractivity contribution in [3.63, 3.8) is 0 Å². The third-order valence-corrected chi connectivity index (χ3v) is 5.90. The summed E-state index contributed by atoms with van der Waals surface area (Å²) in [6.07, 6.45) is 1.88. The molecule has 2 atom stereocenters. The lowest BCUT2D eigenvalue weighted by Crippen LogP contribution is -2.23. The number of ether oxygens (including phenoxy) is 1. The Balaban J connectivity index is 2.15. The maximum Gasteiger partial charge on any atom is 0.277 e. The van der Waals surface area contributed by atoms with E-state index in [1.165, 1.54) is 28.7 Å². The van der Waals surface area contributed by atoms with Gasteiger partial charge in [-0.25, -0.2) is 4.39 Å². The average Bonchev–Trinajstić information content (AvgIpc) is 2.97. The molecular formula is C18H21FN2O3S. The number of benzene rings is 1. The largest absolute Gasteiger partial charge is 0.377 e. The number of halogens is 1. The van der Waals surface area contributed by atoms with Crippen LogP contribution in [0.2, 0.25) is 0 Å². The number of hydrogen-bond donors (Lipinski definition) is 1. The summed E-state index contributed by atoms with van der Waals surface area (Å²) < 4.78 is 21.6. The predicted octanol–water partition coefficient (Wildman–Crippen LogP) is 3.45. The molecule has 0 spiro atoms. The molecule has 7 heteroatoms. The number of aromatic amines is 1. The summed E-state index contributed by atoms with van der Waals surface area (Å²) in [4.78, 5) is 25.7. The van der Waals surface area contributed by atoms with Gasteiger partial charge in [0.05, 0.1) is 6.10 Å². The summed E-state index contributed by atoms with van der Waals surface area (Å²) in [5.74, 6) is -0.903. The maximum atomic E-state index is 14.7. The molecule has 1 N–H and O–H groups in total. The standard InChI is InChI=1S/C18H21FN2O3S/c1-5-21-18(23)12(8-20-21)16(22)11-7-13(19)17-15(10(11)3)14(24-4)6-9(2)25-17/h7-9,14,20H,5-6H2,1-4H3. The lowest BCUT2D eigenvalue weighted by Gasteiger charge is -2.30. The Morgan fingerprint density at radius 2 is 2.20 bits per heavy atom. The first kappa shape index (κ1) is 17.9. The number of thioether (sulfide) groups is 1. The molecule has 2 aromatic rings. The van der Waals surface area contributed by atoms with Crippen LogP contribution in [0.4, 0.5) is 4.39 Å². The Hall–Kier alpha value is -1.86. The minimum atomic E-state index is -0.467. The van der Waals surface area contributed by atoms with Gasteiger partial charge in [0.2, 0.25) is 5.78 Å². The van der Waals surface area contributed by atoms with E-state index >= 15 is 0 Å². The maximum absolute atomic E-state index is 14.7. The highest BCUT2D eigenvalue weighted by atomic mass is 32.2. The second-order valence-electron chi connectivity index (χ2n) is 6.23. The van der Waals surface area contributed by atoms with E-state index < -0.39 is 17.2 Å². The Kier molecular flexibility index (Phi) is 4.88. The average molecular weight is 364 g/mol. The SMILES string of the molecule is CCn1[nH]cc(C(=O)c2cc(F)c3c(c2C)C(OC)CC(C)S3)c1=O. The Bertz CT molecular complexity index is 887. The van der Waals surface area contributed by atoms with Crippen LogP contribution >= 0.6 is 11.8 Å². The number of hydrogen-bond acceptors (Lipinski definition) is 4. The van der Waals surface area contributed by atoms with Crippen molar-refractivity contribution in [1.29, 1.82) is 0 Å². The van der Waals surface area contributed by atoms with Crippen LogP contribution in [0.3, 0.4) is 0 Å². The van der Waals surface area contributed by atoms with E-state index in [0.29, 0.717) is 17.0 Å². The van der Waals surface area contributed by atoms with Gasteiger partial charge in [0.1, 0.15) is 11.4 Å². The molecule has 134 valence electrons. The number of nitrogens with one attached hydrogen (secondary N) is 1. The van der Waals surface area contributed by atoms with Crippen molar-refractivity contribution in [1.82, 2.24) is 9.78 Å². The molecule has 1 aliphatic heterocycles. The van der Waals surface area contributed by atoms with E-state index in [4.69, 9.17) is 4.74 Å². The van der Waals surface area contributed by atoms with E-state index in [2.05, 4.69) is 5.10 Å². The molecule has 3 rings (SSSR count). The molecule has 0 radical (unpaired) electrons. The Labute approximate surface area is 149 Å². The van der Waals surface area contributed by atoms with Crippen LogP contribution in [0.1, 0.15) is 53.4 Å². The first-order valence-electron chi connectivity index (χ1n) is 8.24. The first-order chi connectivity index (χ1) is 11.9. The van der Waals surface area contributed by atoms with Gasteiger partial charge >= 0.3 is 0 Å². The second-order valence-corrected chi connectivity index (χ2v) is 7.68. The molecule has 0 saturated heterocycles. The molecule has 0 saturated carbocycles. The number of carbonyl (C=O) groups excluding carboxylic acids is 1. The molecule has 5 nitrogen and oxygen atoms in total. The molecule has 0 aliphatic carbocycles. The smallest absolute Gasteiger partial charge is 0.277 e. The normalized spacial score (nSPS) is 19.7. The molecule has 1 aromatic heterocycles. The Morgan fingerprint density at radius 3 is 2.80 bits per heavy atom. The van der Waals surface area contributed by atoms with Gasteiger partial charge in [0.15, 0.2) is 0 Å². The summed E-state index contributed by atoms with van der Waals surface area (Å²) in [5, 5.41) is 2.99. The second kappa shape index (κ2) is 6.80. The highest BCUT2D eigenvalue weighted by Gasteiger charge is 2.32. The predicted molar refractivity (Wildman–Crippen MR) is 95.0 cm³/mol. The quantitative estimate of drug-likeness (QED) is 0.844. The van der Waals surface area contributed by atoms with Gasteiger partial charge in [-0.05, 0) is 31.9 Å². The molecular weight excluding hydrogens is 343 g/mol. The van der Waals surface area contributed by atoms with Gasteiger partial charge in [-0.2, -0.15) is 0 Å². The van der Waals surface area contributed by atoms with Gasteiger partial charge in [0, 0.05) is 41.1 Å². The Morgan fingerprint density at radius 1 is 1.48 bits per heavy atom. The number of aryl methyl sites for hydroxylation is 1. The van der Waals surface area contributed by atoms with Gasteiger partial charge < -0.3 is 9.84 Å².